The van der Waals surface area contributed by atoms with E-state index < -0.39 is 0 Å². The van der Waals surface area contributed by atoms with Gasteiger partial charge in [0, 0.05) is 25.7 Å². The van der Waals surface area contributed by atoms with E-state index in [-0.39, 0.29) is 0 Å². The van der Waals surface area contributed by atoms with Gasteiger partial charge in [-0.25, -0.2) is 0 Å². The fraction of sp³-hybridized carbons (Fsp3) is 1.00. The van der Waals surface area contributed by atoms with E-state index in [1.165, 1.54) is 51.9 Å². The van der Waals surface area contributed by atoms with Crippen molar-refractivity contribution < 1.29 is 0 Å². The van der Waals surface area contributed by atoms with Crippen LogP contribution in [0.25, 0.3) is 0 Å². The van der Waals surface area contributed by atoms with Gasteiger partial charge in [-0.3, -0.25) is 0 Å². The van der Waals surface area contributed by atoms with E-state index in [4.69, 9.17) is 0 Å². The summed E-state index contributed by atoms with van der Waals surface area (Å²) in [4.78, 5) is 5.08. The summed E-state index contributed by atoms with van der Waals surface area (Å²) in [5, 5.41) is 3.73. The third-order valence-corrected chi connectivity index (χ3v) is 5.32. The first-order valence-electron chi connectivity index (χ1n) is 8.69. The molecule has 3 nitrogen and oxygen atoms in total. The van der Waals surface area contributed by atoms with Crippen LogP contribution < -0.4 is 5.32 Å². The molecule has 3 heteroatoms. The highest BCUT2D eigenvalue weighted by molar-refractivity contribution is 4.85. The lowest BCUT2D eigenvalue weighted by molar-refractivity contribution is 0.151. The zero-order chi connectivity index (χ0) is 14.5. The van der Waals surface area contributed by atoms with Crippen molar-refractivity contribution >= 4 is 0 Å². The van der Waals surface area contributed by atoms with E-state index in [9.17, 15) is 0 Å². The van der Waals surface area contributed by atoms with Crippen LogP contribution in [0.1, 0.15) is 39.5 Å². The predicted molar refractivity (Wildman–Crippen MR) is 87.1 cm³/mol. The molecule has 1 aliphatic carbocycles. The minimum atomic E-state index is 0.755. The Hall–Kier alpha value is -0.120. The molecule has 2 rings (SSSR count). The fourth-order valence-corrected chi connectivity index (χ4v) is 4.32. The van der Waals surface area contributed by atoms with Crippen LogP contribution in [0.15, 0.2) is 0 Å². The third kappa shape index (κ3) is 4.71. The first-order valence-corrected chi connectivity index (χ1v) is 8.69. The Balaban J connectivity index is 1.79. The summed E-state index contributed by atoms with van der Waals surface area (Å²) in [5.41, 5.74) is 0. The molecular weight excluding hydrogens is 246 g/mol. The van der Waals surface area contributed by atoms with E-state index in [0.29, 0.717) is 0 Å². The second-order valence-corrected chi connectivity index (χ2v) is 7.48. The van der Waals surface area contributed by atoms with Gasteiger partial charge in [0.2, 0.25) is 0 Å². The van der Waals surface area contributed by atoms with Gasteiger partial charge in [0.25, 0.3) is 0 Å². The SMILES string of the molecule is CCNC1CCC(C)CC1CN(C)CC1CCN(C)C1. The molecule has 0 amide bonds. The third-order valence-electron chi connectivity index (χ3n) is 5.32. The smallest absolute Gasteiger partial charge is 0.0108 e. The Bertz CT molecular complexity index is 281. The van der Waals surface area contributed by atoms with E-state index in [2.05, 4.69) is 43.1 Å². The number of nitrogens with one attached hydrogen (secondary N) is 1. The summed E-state index contributed by atoms with van der Waals surface area (Å²) in [6.45, 7) is 10.9. The molecular formula is C17H35N3. The number of nitrogens with zero attached hydrogens (tertiary/aromatic N) is 2. The number of hydrogen-bond acceptors (Lipinski definition) is 3. The number of hydrogen-bond donors (Lipinski definition) is 1. The lowest BCUT2D eigenvalue weighted by Crippen LogP contribution is -2.45. The van der Waals surface area contributed by atoms with E-state index in [1.807, 2.05) is 0 Å². The molecule has 2 aliphatic rings. The first kappa shape index (κ1) is 16.3. The Morgan fingerprint density at radius 3 is 2.65 bits per heavy atom. The second kappa shape index (κ2) is 7.77. The van der Waals surface area contributed by atoms with E-state index in [1.54, 1.807) is 0 Å². The fourth-order valence-electron chi connectivity index (χ4n) is 4.32. The lowest BCUT2D eigenvalue weighted by atomic mass is 9.78. The predicted octanol–water partition coefficient (Wildman–Crippen LogP) is 2.28. The number of likely N-dealkylation sites (tertiary alicyclic amines) is 1. The normalized spacial score (nSPS) is 35.9. The van der Waals surface area contributed by atoms with Gasteiger partial charge in [-0.1, -0.05) is 13.8 Å². The van der Waals surface area contributed by atoms with Crippen LogP contribution in [-0.2, 0) is 0 Å². The van der Waals surface area contributed by atoms with Crippen LogP contribution in [-0.4, -0.2) is 62.7 Å². The molecule has 1 saturated heterocycles. The molecule has 4 unspecified atom stereocenters. The Morgan fingerprint density at radius 2 is 2.00 bits per heavy atom. The maximum Gasteiger partial charge on any atom is 0.0108 e. The van der Waals surface area contributed by atoms with Crippen molar-refractivity contribution in [2.45, 2.75) is 45.6 Å². The van der Waals surface area contributed by atoms with Crippen LogP contribution in [0.4, 0.5) is 0 Å². The summed E-state index contributed by atoms with van der Waals surface area (Å²) < 4.78 is 0. The maximum atomic E-state index is 3.73. The average molecular weight is 281 g/mol. The van der Waals surface area contributed by atoms with Crippen molar-refractivity contribution in [3.05, 3.63) is 0 Å². The summed E-state index contributed by atoms with van der Waals surface area (Å²) in [5.74, 6) is 2.66. The van der Waals surface area contributed by atoms with Gasteiger partial charge in [-0.2, -0.15) is 0 Å². The molecule has 1 N–H and O–H groups in total. The van der Waals surface area contributed by atoms with Gasteiger partial charge < -0.3 is 15.1 Å². The molecule has 0 aromatic heterocycles. The Kier molecular flexibility index (Phi) is 6.31. The van der Waals surface area contributed by atoms with Crippen molar-refractivity contribution in [3.8, 4) is 0 Å². The van der Waals surface area contributed by atoms with Crippen molar-refractivity contribution in [2.24, 2.45) is 17.8 Å². The van der Waals surface area contributed by atoms with Crippen LogP contribution in [0.2, 0.25) is 0 Å². The maximum absolute atomic E-state index is 3.73. The Morgan fingerprint density at radius 1 is 1.20 bits per heavy atom. The molecule has 1 aliphatic heterocycles. The molecule has 0 bridgehead atoms. The van der Waals surface area contributed by atoms with Crippen molar-refractivity contribution in [1.29, 1.82) is 0 Å². The summed E-state index contributed by atoms with van der Waals surface area (Å²) in [6, 6.07) is 0.755. The zero-order valence-corrected chi connectivity index (χ0v) is 14.1. The number of rotatable bonds is 6. The lowest BCUT2D eigenvalue weighted by Gasteiger charge is -2.38. The highest BCUT2D eigenvalue weighted by atomic mass is 15.2. The van der Waals surface area contributed by atoms with Gasteiger partial charge in [0.1, 0.15) is 0 Å². The minimum absolute atomic E-state index is 0.755. The van der Waals surface area contributed by atoms with Crippen LogP contribution in [0.3, 0.4) is 0 Å². The van der Waals surface area contributed by atoms with Crippen LogP contribution >= 0.6 is 0 Å². The molecule has 4 atom stereocenters. The first-order chi connectivity index (χ1) is 9.58. The molecule has 1 heterocycles. The van der Waals surface area contributed by atoms with Crippen molar-refractivity contribution in [3.63, 3.8) is 0 Å². The highest BCUT2D eigenvalue weighted by Crippen LogP contribution is 2.30. The second-order valence-electron chi connectivity index (χ2n) is 7.48. The van der Waals surface area contributed by atoms with Gasteiger partial charge >= 0.3 is 0 Å². The van der Waals surface area contributed by atoms with Crippen molar-refractivity contribution in [2.75, 3.05) is 46.8 Å². The van der Waals surface area contributed by atoms with Gasteiger partial charge in [0.05, 0.1) is 0 Å². The quantitative estimate of drug-likeness (QED) is 0.806. The molecule has 0 radical (unpaired) electrons. The standard InChI is InChI=1S/C17H35N3/c1-5-18-17-7-6-14(2)10-16(17)13-20(4)12-15-8-9-19(3)11-15/h14-18H,5-13H2,1-4H3. The van der Waals surface area contributed by atoms with Crippen molar-refractivity contribution in [1.82, 2.24) is 15.1 Å². The summed E-state index contributed by atoms with van der Waals surface area (Å²) >= 11 is 0. The zero-order valence-electron chi connectivity index (χ0n) is 14.1. The molecule has 20 heavy (non-hydrogen) atoms. The molecule has 118 valence electrons. The Labute approximate surface area is 126 Å². The molecule has 0 aromatic carbocycles. The molecule has 2 fully saturated rings. The van der Waals surface area contributed by atoms with Gasteiger partial charge in [-0.05, 0) is 70.6 Å². The monoisotopic (exact) mass is 281 g/mol. The topological polar surface area (TPSA) is 18.5 Å². The minimum Gasteiger partial charge on any atom is -0.314 e. The van der Waals surface area contributed by atoms with E-state index >= 15 is 0 Å². The van der Waals surface area contributed by atoms with Crippen LogP contribution in [0, 0.1) is 17.8 Å². The molecule has 1 saturated carbocycles. The molecule has 0 spiro atoms. The van der Waals surface area contributed by atoms with E-state index in [0.717, 1.165) is 30.3 Å². The van der Waals surface area contributed by atoms with Crippen LogP contribution in [0.5, 0.6) is 0 Å². The summed E-state index contributed by atoms with van der Waals surface area (Å²) in [7, 11) is 4.59. The largest absolute Gasteiger partial charge is 0.314 e. The van der Waals surface area contributed by atoms with Gasteiger partial charge in [-0.15, -0.1) is 0 Å². The highest BCUT2D eigenvalue weighted by Gasteiger charge is 2.29. The summed E-state index contributed by atoms with van der Waals surface area (Å²) in [6.07, 6.45) is 5.58. The van der Waals surface area contributed by atoms with Gasteiger partial charge in [0.15, 0.2) is 0 Å². The average Bonchev–Trinajstić information content (AvgIpc) is 2.78. The molecule has 0 aromatic rings.